The molecule has 0 aliphatic carbocycles. The van der Waals surface area contributed by atoms with Gasteiger partial charge in [0.1, 0.15) is 5.69 Å². The molecule has 5 heteroatoms. The fourth-order valence-electron chi connectivity index (χ4n) is 2.91. The third-order valence-corrected chi connectivity index (χ3v) is 4.47. The molecule has 0 unspecified atom stereocenters. The molecule has 138 valence electrons. The summed E-state index contributed by atoms with van der Waals surface area (Å²) in [4.78, 5) is 23.2. The van der Waals surface area contributed by atoms with Crippen LogP contribution in [0.15, 0.2) is 54.9 Å². The molecule has 3 aromatic rings. The van der Waals surface area contributed by atoms with Crippen LogP contribution < -0.4 is 10.2 Å². The van der Waals surface area contributed by atoms with Crippen molar-refractivity contribution in [2.45, 2.75) is 20.4 Å². The first kappa shape index (κ1) is 18.6. The van der Waals surface area contributed by atoms with Gasteiger partial charge in [-0.3, -0.25) is 9.78 Å². The Kier molecular flexibility index (Phi) is 5.50. The van der Waals surface area contributed by atoms with E-state index in [1.165, 1.54) is 11.1 Å². The van der Waals surface area contributed by atoms with Crippen LogP contribution in [-0.2, 0) is 6.54 Å². The molecule has 0 aliphatic rings. The molecule has 0 fully saturated rings. The van der Waals surface area contributed by atoms with Crippen molar-refractivity contribution in [1.29, 1.82) is 0 Å². The molecule has 0 bridgehead atoms. The van der Waals surface area contributed by atoms with E-state index in [1.54, 1.807) is 12.4 Å². The van der Waals surface area contributed by atoms with Crippen LogP contribution in [0.3, 0.4) is 0 Å². The molecule has 0 atom stereocenters. The number of aryl methyl sites for hydroxylation is 2. The number of carbonyl (C=O) groups is 1. The van der Waals surface area contributed by atoms with E-state index in [0.717, 1.165) is 22.6 Å². The van der Waals surface area contributed by atoms with Crippen LogP contribution in [-0.4, -0.2) is 30.0 Å². The molecule has 1 heterocycles. The van der Waals surface area contributed by atoms with Gasteiger partial charge in [0.05, 0.1) is 0 Å². The maximum absolute atomic E-state index is 12.5. The predicted molar refractivity (Wildman–Crippen MR) is 109 cm³/mol. The van der Waals surface area contributed by atoms with E-state index in [4.69, 9.17) is 0 Å². The van der Waals surface area contributed by atoms with Crippen LogP contribution >= 0.6 is 0 Å². The van der Waals surface area contributed by atoms with Crippen molar-refractivity contribution in [1.82, 2.24) is 15.3 Å². The summed E-state index contributed by atoms with van der Waals surface area (Å²) >= 11 is 0. The highest BCUT2D eigenvalue weighted by molar-refractivity contribution is 5.94. The van der Waals surface area contributed by atoms with Gasteiger partial charge in [0.2, 0.25) is 0 Å². The quantitative estimate of drug-likeness (QED) is 0.753. The minimum absolute atomic E-state index is 0.0885. The molecule has 2 aromatic carbocycles. The lowest BCUT2D eigenvalue weighted by molar-refractivity contribution is 0.0951. The second-order valence-corrected chi connectivity index (χ2v) is 6.81. The zero-order chi connectivity index (χ0) is 19.4. The maximum Gasteiger partial charge on any atom is 0.251 e. The number of hydrogen-bond donors (Lipinski definition) is 1. The number of hydrogen-bond acceptors (Lipinski definition) is 4. The monoisotopic (exact) mass is 360 g/mol. The molecule has 1 N–H and O–H groups in total. The van der Waals surface area contributed by atoms with E-state index in [9.17, 15) is 4.79 Å². The number of aromatic nitrogens is 2. The van der Waals surface area contributed by atoms with Crippen molar-refractivity contribution in [3.63, 3.8) is 0 Å². The first-order valence-corrected chi connectivity index (χ1v) is 8.89. The Morgan fingerprint density at radius 1 is 1.00 bits per heavy atom. The van der Waals surface area contributed by atoms with Crippen LogP contribution in [0.2, 0.25) is 0 Å². The number of benzene rings is 2. The summed E-state index contributed by atoms with van der Waals surface area (Å²) in [5.41, 5.74) is 5.85. The van der Waals surface area contributed by atoms with Crippen molar-refractivity contribution >= 4 is 11.7 Å². The number of carbonyl (C=O) groups excluding carboxylic acids is 1. The molecule has 3 rings (SSSR count). The Morgan fingerprint density at radius 2 is 1.70 bits per heavy atom. The number of nitrogens with one attached hydrogen (secondary N) is 1. The molecule has 0 radical (unpaired) electrons. The average Bonchev–Trinajstić information content (AvgIpc) is 2.68. The summed E-state index contributed by atoms with van der Waals surface area (Å²) in [6.45, 7) is 4.62. The van der Waals surface area contributed by atoms with Crippen LogP contribution in [0.25, 0.3) is 11.3 Å². The molecular formula is C22H24N4O. The minimum atomic E-state index is -0.0885. The van der Waals surface area contributed by atoms with Gasteiger partial charge in [-0.05, 0) is 37.1 Å². The topological polar surface area (TPSA) is 58.1 Å². The smallest absolute Gasteiger partial charge is 0.251 e. The van der Waals surface area contributed by atoms with Gasteiger partial charge in [-0.25, -0.2) is 4.98 Å². The molecule has 27 heavy (non-hydrogen) atoms. The van der Waals surface area contributed by atoms with E-state index in [-0.39, 0.29) is 5.91 Å². The summed E-state index contributed by atoms with van der Waals surface area (Å²) in [5.74, 6) is 0.707. The van der Waals surface area contributed by atoms with Gasteiger partial charge in [-0.1, -0.05) is 35.9 Å². The Hall–Kier alpha value is -3.21. The summed E-state index contributed by atoms with van der Waals surface area (Å²) in [5, 5.41) is 3.00. The minimum Gasteiger partial charge on any atom is -0.361 e. The Labute approximate surface area is 160 Å². The average molecular weight is 360 g/mol. The van der Waals surface area contributed by atoms with E-state index < -0.39 is 0 Å². The van der Waals surface area contributed by atoms with Gasteiger partial charge in [0.25, 0.3) is 5.91 Å². The second kappa shape index (κ2) is 7.99. The zero-order valence-electron chi connectivity index (χ0n) is 16.2. The lowest BCUT2D eigenvalue weighted by Gasteiger charge is -2.15. The van der Waals surface area contributed by atoms with Gasteiger partial charge in [-0.2, -0.15) is 0 Å². The summed E-state index contributed by atoms with van der Waals surface area (Å²) in [7, 11) is 3.87. The first-order valence-electron chi connectivity index (χ1n) is 8.89. The predicted octanol–water partition coefficient (Wildman–Crippen LogP) is 3.76. The number of anilines is 1. The number of amides is 1. The van der Waals surface area contributed by atoms with E-state index in [1.807, 2.05) is 43.3 Å². The molecule has 0 saturated heterocycles. The first-order chi connectivity index (χ1) is 13.0. The molecule has 0 spiro atoms. The van der Waals surface area contributed by atoms with Crippen LogP contribution in [0, 0.1) is 13.8 Å². The van der Waals surface area contributed by atoms with Crippen molar-refractivity contribution < 1.29 is 4.79 Å². The van der Waals surface area contributed by atoms with Crippen molar-refractivity contribution in [2.24, 2.45) is 0 Å². The van der Waals surface area contributed by atoms with Crippen molar-refractivity contribution in [3.8, 4) is 11.3 Å². The normalized spacial score (nSPS) is 10.5. The van der Waals surface area contributed by atoms with Crippen molar-refractivity contribution in [3.05, 3.63) is 77.1 Å². The Balaban J connectivity index is 1.74. The highest BCUT2D eigenvalue weighted by Gasteiger charge is 2.11. The largest absolute Gasteiger partial charge is 0.361 e. The molecule has 0 saturated carbocycles. The molecule has 1 aromatic heterocycles. The highest BCUT2D eigenvalue weighted by Crippen LogP contribution is 2.25. The zero-order valence-corrected chi connectivity index (χ0v) is 16.2. The van der Waals surface area contributed by atoms with Gasteiger partial charge in [0.15, 0.2) is 5.82 Å². The summed E-state index contributed by atoms with van der Waals surface area (Å²) in [6.07, 6.45) is 3.35. The van der Waals surface area contributed by atoms with Crippen molar-refractivity contribution in [2.75, 3.05) is 19.0 Å². The third kappa shape index (κ3) is 4.31. The van der Waals surface area contributed by atoms with Crippen LogP contribution in [0.1, 0.15) is 27.0 Å². The molecule has 0 aliphatic heterocycles. The standard InChI is InChI=1S/C22H24N4O/c1-15-5-6-16(2)19(13-15)14-25-22(27)18-9-7-17(8-10-18)20-21(26(3)4)24-12-11-23-20/h5-13H,14H2,1-4H3,(H,25,27). The molecule has 5 nitrogen and oxygen atoms in total. The van der Waals surface area contributed by atoms with Gasteiger partial charge in [0, 0.05) is 44.2 Å². The highest BCUT2D eigenvalue weighted by atomic mass is 16.1. The van der Waals surface area contributed by atoms with E-state index >= 15 is 0 Å². The van der Waals surface area contributed by atoms with Gasteiger partial charge >= 0.3 is 0 Å². The second-order valence-electron chi connectivity index (χ2n) is 6.81. The van der Waals surface area contributed by atoms with E-state index in [0.29, 0.717) is 12.1 Å². The van der Waals surface area contributed by atoms with Gasteiger partial charge < -0.3 is 10.2 Å². The summed E-state index contributed by atoms with van der Waals surface area (Å²) in [6, 6.07) is 13.7. The lowest BCUT2D eigenvalue weighted by atomic mass is 10.1. The lowest BCUT2D eigenvalue weighted by Crippen LogP contribution is -2.23. The fourth-order valence-corrected chi connectivity index (χ4v) is 2.91. The summed E-state index contributed by atoms with van der Waals surface area (Å²) < 4.78 is 0. The Morgan fingerprint density at radius 3 is 2.41 bits per heavy atom. The third-order valence-electron chi connectivity index (χ3n) is 4.47. The number of nitrogens with zero attached hydrogens (tertiary/aromatic N) is 3. The SMILES string of the molecule is Cc1ccc(C)c(CNC(=O)c2ccc(-c3nccnc3N(C)C)cc2)c1. The fraction of sp³-hybridized carbons (Fsp3) is 0.227. The Bertz CT molecular complexity index is 949. The van der Waals surface area contributed by atoms with Crippen LogP contribution in [0.4, 0.5) is 5.82 Å². The molecular weight excluding hydrogens is 336 g/mol. The van der Waals surface area contributed by atoms with Crippen LogP contribution in [0.5, 0.6) is 0 Å². The maximum atomic E-state index is 12.5. The number of rotatable bonds is 5. The molecule has 1 amide bonds. The van der Waals surface area contributed by atoms with Gasteiger partial charge in [-0.15, -0.1) is 0 Å². The van der Waals surface area contributed by atoms with E-state index in [2.05, 4.69) is 47.3 Å².